The third-order valence-corrected chi connectivity index (χ3v) is 5.12. The van der Waals surface area contributed by atoms with E-state index < -0.39 is 11.7 Å². The lowest BCUT2D eigenvalue weighted by Crippen LogP contribution is -2.28. The predicted molar refractivity (Wildman–Crippen MR) is 114 cm³/mol. The second-order valence-electron chi connectivity index (χ2n) is 6.84. The van der Waals surface area contributed by atoms with E-state index in [1.807, 2.05) is 0 Å². The second-order valence-corrected chi connectivity index (χ2v) is 7.91. The summed E-state index contributed by atoms with van der Waals surface area (Å²) in [5.41, 5.74) is 0.740. The molecule has 0 saturated carbocycles. The highest BCUT2D eigenvalue weighted by Gasteiger charge is 2.15. The molecule has 1 amide bonds. The van der Waals surface area contributed by atoms with E-state index in [4.69, 9.17) is 0 Å². The third kappa shape index (κ3) is 5.23. The van der Waals surface area contributed by atoms with Gasteiger partial charge in [-0.05, 0) is 32.4 Å². The molecule has 7 nitrogen and oxygen atoms in total. The van der Waals surface area contributed by atoms with Crippen LogP contribution in [-0.4, -0.2) is 44.0 Å². The Labute approximate surface area is 173 Å². The summed E-state index contributed by atoms with van der Waals surface area (Å²) in [6.45, 7) is 6.93. The zero-order chi connectivity index (χ0) is 20.8. The number of hydrogen-bond donors (Lipinski definition) is 2. The van der Waals surface area contributed by atoms with Gasteiger partial charge in [0.05, 0.1) is 23.7 Å². The highest BCUT2D eigenvalue weighted by molar-refractivity contribution is 7.99. The number of carbonyl (C=O) groups excluding carboxylic acids is 1. The number of fused-ring (bicyclic) bond motifs is 1. The minimum atomic E-state index is -0.538. The normalized spacial score (nSPS) is 11.2. The molecule has 1 aromatic carbocycles. The number of nitrogens with one attached hydrogen (secondary N) is 2. The van der Waals surface area contributed by atoms with Crippen molar-refractivity contribution in [3.63, 3.8) is 0 Å². The molecule has 0 bridgehead atoms. The fourth-order valence-corrected chi connectivity index (χ4v) is 3.45. The van der Waals surface area contributed by atoms with Crippen molar-refractivity contribution >= 4 is 34.5 Å². The smallest absolute Gasteiger partial charge is 0.254 e. The van der Waals surface area contributed by atoms with Gasteiger partial charge in [0.1, 0.15) is 11.6 Å². The summed E-state index contributed by atoms with van der Waals surface area (Å²) in [7, 11) is 0. The first-order chi connectivity index (χ1) is 14.0. The van der Waals surface area contributed by atoms with E-state index in [2.05, 4.69) is 46.5 Å². The second kappa shape index (κ2) is 9.69. The van der Waals surface area contributed by atoms with Crippen LogP contribution in [0.4, 0.5) is 10.2 Å². The summed E-state index contributed by atoms with van der Waals surface area (Å²) in [6, 6.07) is 6.14. The molecule has 0 aliphatic heterocycles. The van der Waals surface area contributed by atoms with Gasteiger partial charge in [0.15, 0.2) is 10.8 Å². The summed E-state index contributed by atoms with van der Waals surface area (Å²) in [4.78, 5) is 21.5. The number of carbonyl (C=O) groups is 1. The summed E-state index contributed by atoms with van der Waals surface area (Å²) in [6.07, 6.45) is 2.76. The number of aromatic nitrogens is 4. The van der Waals surface area contributed by atoms with Crippen molar-refractivity contribution in [1.29, 1.82) is 0 Å². The Balaban J connectivity index is 1.76. The number of thioether (sulfide) groups is 1. The number of nitrogens with zero attached hydrogens (tertiary/aromatic N) is 4. The van der Waals surface area contributed by atoms with Crippen molar-refractivity contribution in [3.8, 4) is 0 Å². The number of benzene rings is 1. The Hall–Kier alpha value is -2.68. The van der Waals surface area contributed by atoms with Crippen LogP contribution in [0, 0.1) is 5.82 Å². The lowest BCUT2D eigenvalue weighted by atomic mass is 10.2. The van der Waals surface area contributed by atoms with E-state index in [0.29, 0.717) is 23.9 Å². The maximum absolute atomic E-state index is 13.7. The fraction of sp³-hybridized carbons (Fsp3) is 0.400. The largest absolute Gasteiger partial charge is 0.367 e. The monoisotopic (exact) mass is 416 g/mol. The van der Waals surface area contributed by atoms with Gasteiger partial charge < -0.3 is 10.6 Å². The summed E-state index contributed by atoms with van der Waals surface area (Å²) >= 11 is 1.60. The van der Waals surface area contributed by atoms with Crippen LogP contribution < -0.4 is 10.6 Å². The SMILES string of the molecule is CCCSc1nc(NC(C)C)c2cnn(CCNC(=O)c3ccccc3F)c2n1. The average Bonchev–Trinajstić information content (AvgIpc) is 3.09. The Morgan fingerprint density at radius 1 is 1.28 bits per heavy atom. The van der Waals surface area contributed by atoms with E-state index in [0.717, 1.165) is 23.4 Å². The van der Waals surface area contributed by atoms with Crippen LogP contribution in [0.1, 0.15) is 37.6 Å². The number of anilines is 1. The molecule has 2 N–H and O–H groups in total. The van der Waals surface area contributed by atoms with E-state index >= 15 is 0 Å². The first-order valence-electron chi connectivity index (χ1n) is 9.65. The molecule has 2 aromatic heterocycles. The molecule has 0 radical (unpaired) electrons. The zero-order valence-corrected chi connectivity index (χ0v) is 17.6. The van der Waals surface area contributed by atoms with Crippen LogP contribution in [0.15, 0.2) is 35.6 Å². The molecule has 154 valence electrons. The van der Waals surface area contributed by atoms with E-state index in [1.54, 1.807) is 34.8 Å². The lowest BCUT2D eigenvalue weighted by Gasteiger charge is -2.12. The Morgan fingerprint density at radius 3 is 2.79 bits per heavy atom. The molecule has 3 rings (SSSR count). The maximum Gasteiger partial charge on any atom is 0.254 e. The van der Waals surface area contributed by atoms with Crippen molar-refractivity contribution in [2.45, 2.75) is 44.9 Å². The van der Waals surface area contributed by atoms with Gasteiger partial charge in [-0.3, -0.25) is 4.79 Å². The molecule has 0 aliphatic carbocycles. The van der Waals surface area contributed by atoms with Crippen molar-refractivity contribution < 1.29 is 9.18 Å². The minimum Gasteiger partial charge on any atom is -0.367 e. The van der Waals surface area contributed by atoms with E-state index in [1.165, 1.54) is 12.1 Å². The topological polar surface area (TPSA) is 84.7 Å². The molecule has 0 atom stereocenters. The molecule has 0 fully saturated rings. The van der Waals surface area contributed by atoms with Crippen molar-refractivity contribution in [3.05, 3.63) is 41.8 Å². The first-order valence-corrected chi connectivity index (χ1v) is 10.6. The Bertz CT molecular complexity index is 990. The van der Waals surface area contributed by atoms with Crippen molar-refractivity contribution in [2.24, 2.45) is 0 Å². The summed E-state index contributed by atoms with van der Waals surface area (Å²) in [5.74, 6) is 0.699. The molecule has 9 heteroatoms. The van der Waals surface area contributed by atoms with Crippen LogP contribution in [0.25, 0.3) is 11.0 Å². The summed E-state index contributed by atoms with van der Waals surface area (Å²) in [5, 5.41) is 12.0. The Kier molecular flexibility index (Phi) is 7.03. The molecular weight excluding hydrogens is 391 g/mol. The maximum atomic E-state index is 13.7. The standard InChI is InChI=1S/C20H25FN6OS/c1-4-11-29-20-25-17(24-13(2)3)15-12-23-27(18(15)26-20)10-9-22-19(28)14-7-5-6-8-16(14)21/h5-8,12-13H,4,9-11H2,1-3H3,(H,22,28)(H,24,25,26). The molecule has 29 heavy (non-hydrogen) atoms. The van der Waals surface area contributed by atoms with Gasteiger partial charge in [0.2, 0.25) is 0 Å². The van der Waals surface area contributed by atoms with Crippen LogP contribution in [-0.2, 0) is 6.54 Å². The Morgan fingerprint density at radius 2 is 2.07 bits per heavy atom. The van der Waals surface area contributed by atoms with Crippen molar-refractivity contribution in [1.82, 2.24) is 25.1 Å². The van der Waals surface area contributed by atoms with Gasteiger partial charge in [-0.1, -0.05) is 30.8 Å². The quantitative estimate of drug-likeness (QED) is 0.409. The van der Waals surface area contributed by atoms with Crippen LogP contribution in [0.5, 0.6) is 0 Å². The van der Waals surface area contributed by atoms with Gasteiger partial charge in [-0.25, -0.2) is 19.0 Å². The van der Waals surface area contributed by atoms with E-state index in [-0.39, 0.29) is 11.6 Å². The number of halogens is 1. The van der Waals surface area contributed by atoms with Crippen LogP contribution in [0.2, 0.25) is 0 Å². The molecule has 0 spiro atoms. The minimum absolute atomic E-state index is 0.0295. The van der Waals surface area contributed by atoms with E-state index in [9.17, 15) is 9.18 Å². The molecule has 0 aliphatic rings. The highest BCUT2D eigenvalue weighted by atomic mass is 32.2. The van der Waals surface area contributed by atoms with Crippen LogP contribution in [0.3, 0.4) is 0 Å². The average molecular weight is 417 g/mol. The highest BCUT2D eigenvalue weighted by Crippen LogP contribution is 2.25. The van der Waals surface area contributed by atoms with Gasteiger partial charge in [0, 0.05) is 18.3 Å². The number of hydrogen-bond acceptors (Lipinski definition) is 6. The van der Waals surface area contributed by atoms with Gasteiger partial charge >= 0.3 is 0 Å². The van der Waals surface area contributed by atoms with Crippen LogP contribution >= 0.6 is 11.8 Å². The molecule has 3 aromatic rings. The van der Waals surface area contributed by atoms with Gasteiger partial charge in [-0.2, -0.15) is 5.10 Å². The van der Waals surface area contributed by atoms with Gasteiger partial charge in [0.25, 0.3) is 5.91 Å². The molecule has 0 unspecified atom stereocenters. The number of rotatable bonds is 9. The first kappa shape index (κ1) is 21.0. The predicted octanol–water partition coefficient (Wildman–Crippen LogP) is 3.72. The fourth-order valence-electron chi connectivity index (χ4n) is 2.76. The van der Waals surface area contributed by atoms with Gasteiger partial charge in [-0.15, -0.1) is 0 Å². The summed E-state index contributed by atoms with van der Waals surface area (Å²) < 4.78 is 15.5. The van der Waals surface area contributed by atoms with Crippen molar-refractivity contribution in [2.75, 3.05) is 17.6 Å². The molecular formula is C20H25FN6OS. The molecule has 0 saturated heterocycles. The third-order valence-electron chi connectivity index (χ3n) is 4.06. The zero-order valence-electron chi connectivity index (χ0n) is 16.8. The molecule has 2 heterocycles. The number of amides is 1. The lowest BCUT2D eigenvalue weighted by molar-refractivity contribution is 0.0948.